The molecule has 0 unspecified atom stereocenters. The molecule has 1 aromatic heterocycles. The van der Waals surface area contributed by atoms with Crippen LogP contribution in [0.4, 0.5) is 5.82 Å². The van der Waals surface area contributed by atoms with Crippen molar-refractivity contribution in [2.45, 2.75) is 12.5 Å². The maximum absolute atomic E-state index is 9.95. The Labute approximate surface area is 108 Å². The van der Waals surface area contributed by atoms with Gasteiger partial charge in [-0.3, -0.25) is 0 Å². The summed E-state index contributed by atoms with van der Waals surface area (Å²) in [5.41, 5.74) is -0.694. The van der Waals surface area contributed by atoms with E-state index >= 15 is 0 Å². The third-order valence-electron chi connectivity index (χ3n) is 1.85. The third-order valence-corrected chi connectivity index (χ3v) is 3.63. The number of nitrogens with zero attached hydrogens (tertiary/aromatic N) is 1. The van der Waals surface area contributed by atoms with Gasteiger partial charge >= 0.3 is 0 Å². The second-order valence-corrected chi connectivity index (χ2v) is 5.65. The number of hydrogen-bond donors (Lipinski definition) is 2. The third kappa shape index (κ3) is 4.56. The lowest BCUT2D eigenvalue weighted by Crippen LogP contribution is -2.36. The van der Waals surface area contributed by atoms with Gasteiger partial charge in [-0.25, -0.2) is 4.98 Å². The summed E-state index contributed by atoms with van der Waals surface area (Å²) >= 11 is 3.86. The Hall–Kier alpha value is -0.0100. The molecule has 1 aromatic rings. The number of aliphatic hydroxyl groups is 1. The van der Waals surface area contributed by atoms with E-state index in [0.29, 0.717) is 12.3 Å². The number of pyridine rings is 1. The zero-order valence-electron chi connectivity index (χ0n) is 8.83. The maximum Gasteiger partial charge on any atom is 0.139 e. The first-order chi connectivity index (χ1) is 7.05. The smallest absolute Gasteiger partial charge is 0.139 e. The lowest BCUT2D eigenvalue weighted by molar-refractivity contribution is 0.0996. The molecule has 5 heteroatoms. The van der Waals surface area contributed by atoms with Crippen LogP contribution in [0, 0.1) is 3.57 Å². The lowest BCUT2D eigenvalue weighted by atomic mass is 10.1. The molecule has 1 heterocycles. The van der Waals surface area contributed by atoms with Crippen molar-refractivity contribution in [3.05, 3.63) is 21.9 Å². The minimum absolute atomic E-state index is 0.515. The number of thioether (sulfide) groups is 1. The van der Waals surface area contributed by atoms with Crippen LogP contribution in [0.5, 0.6) is 0 Å². The zero-order valence-corrected chi connectivity index (χ0v) is 11.8. The summed E-state index contributed by atoms with van der Waals surface area (Å²) in [5, 5.41) is 13.1. The van der Waals surface area contributed by atoms with Crippen LogP contribution in [0.1, 0.15) is 6.92 Å². The SMILES string of the molecule is CSC[C@@](C)(O)CNc1ncccc1I. The van der Waals surface area contributed by atoms with Crippen molar-refractivity contribution in [3.8, 4) is 0 Å². The van der Waals surface area contributed by atoms with Crippen LogP contribution in [-0.2, 0) is 0 Å². The van der Waals surface area contributed by atoms with E-state index in [1.807, 2.05) is 25.3 Å². The van der Waals surface area contributed by atoms with Gasteiger partial charge < -0.3 is 10.4 Å². The molecule has 1 rings (SSSR count). The Bertz CT molecular complexity index is 320. The van der Waals surface area contributed by atoms with Gasteiger partial charge in [0.05, 0.1) is 9.17 Å². The Morgan fingerprint density at radius 3 is 3.00 bits per heavy atom. The van der Waals surface area contributed by atoms with Crippen molar-refractivity contribution < 1.29 is 5.11 Å². The Morgan fingerprint density at radius 1 is 1.67 bits per heavy atom. The van der Waals surface area contributed by atoms with Crippen LogP contribution >= 0.6 is 34.4 Å². The van der Waals surface area contributed by atoms with Crippen molar-refractivity contribution in [2.24, 2.45) is 0 Å². The molecule has 0 fully saturated rings. The molecule has 0 aliphatic carbocycles. The molecule has 0 bridgehead atoms. The number of aromatic nitrogens is 1. The van der Waals surface area contributed by atoms with Gasteiger partial charge in [-0.05, 0) is 47.9 Å². The quantitative estimate of drug-likeness (QED) is 0.808. The highest BCUT2D eigenvalue weighted by Crippen LogP contribution is 2.16. The highest BCUT2D eigenvalue weighted by Gasteiger charge is 2.19. The molecule has 3 nitrogen and oxygen atoms in total. The average molecular weight is 338 g/mol. The molecular weight excluding hydrogens is 323 g/mol. The highest BCUT2D eigenvalue weighted by atomic mass is 127. The molecule has 1 atom stereocenters. The molecule has 0 aliphatic heterocycles. The largest absolute Gasteiger partial charge is 0.387 e. The van der Waals surface area contributed by atoms with Crippen molar-refractivity contribution in [2.75, 3.05) is 23.9 Å². The monoisotopic (exact) mass is 338 g/mol. The molecule has 0 amide bonds. The average Bonchev–Trinajstić information content (AvgIpc) is 2.16. The summed E-state index contributed by atoms with van der Waals surface area (Å²) in [5.74, 6) is 1.54. The normalized spacial score (nSPS) is 14.7. The summed E-state index contributed by atoms with van der Waals surface area (Å²) in [6, 6.07) is 3.88. The van der Waals surface area contributed by atoms with E-state index < -0.39 is 5.60 Å². The summed E-state index contributed by atoms with van der Waals surface area (Å²) in [6.07, 6.45) is 3.73. The van der Waals surface area contributed by atoms with Crippen LogP contribution in [0.3, 0.4) is 0 Å². The zero-order chi connectivity index (χ0) is 11.3. The number of rotatable bonds is 5. The summed E-state index contributed by atoms with van der Waals surface area (Å²) < 4.78 is 1.06. The molecule has 0 radical (unpaired) electrons. The van der Waals surface area contributed by atoms with Crippen LogP contribution in [-0.4, -0.2) is 34.2 Å². The van der Waals surface area contributed by atoms with E-state index in [0.717, 1.165) is 9.39 Å². The van der Waals surface area contributed by atoms with E-state index in [-0.39, 0.29) is 0 Å². The number of hydrogen-bond acceptors (Lipinski definition) is 4. The molecule has 15 heavy (non-hydrogen) atoms. The molecule has 0 saturated heterocycles. The number of nitrogens with one attached hydrogen (secondary N) is 1. The molecule has 84 valence electrons. The topological polar surface area (TPSA) is 45.1 Å². The fourth-order valence-corrected chi connectivity index (χ4v) is 2.41. The van der Waals surface area contributed by atoms with Crippen LogP contribution in [0.25, 0.3) is 0 Å². The van der Waals surface area contributed by atoms with Crippen LogP contribution < -0.4 is 5.32 Å². The van der Waals surface area contributed by atoms with Crippen LogP contribution in [0.2, 0.25) is 0 Å². The van der Waals surface area contributed by atoms with E-state index in [1.54, 1.807) is 18.0 Å². The van der Waals surface area contributed by atoms with E-state index in [2.05, 4.69) is 32.9 Å². The predicted octanol–water partition coefficient (Wildman–Crippen LogP) is 2.21. The van der Waals surface area contributed by atoms with E-state index in [9.17, 15) is 5.11 Å². The second kappa shape index (κ2) is 5.91. The van der Waals surface area contributed by atoms with Gasteiger partial charge in [0.15, 0.2) is 0 Å². The Kier molecular flexibility index (Phi) is 5.14. The highest BCUT2D eigenvalue weighted by molar-refractivity contribution is 14.1. The van der Waals surface area contributed by atoms with Gasteiger partial charge in [-0.15, -0.1) is 0 Å². The van der Waals surface area contributed by atoms with Crippen LogP contribution in [0.15, 0.2) is 18.3 Å². The minimum Gasteiger partial charge on any atom is -0.387 e. The van der Waals surface area contributed by atoms with Crippen molar-refractivity contribution in [3.63, 3.8) is 0 Å². The van der Waals surface area contributed by atoms with E-state index in [4.69, 9.17) is 0 Å². The molecule has 0 spiro atoms. The first kappa shape index (κ1) is 13.1. The molecule has 2 N–H and O–H groups in total. The van der Waals surface area contributed by atoms with Crippen molar-refractivity contribution in [1.82, 2.24) is 4.98 Å². The fourth-order valence-electron chi connectivity index (χ4n) is 1.15. The van der Waals surface area contributed by atoms with Gasteiger partial charge in [0.1, 0.15) is 5.82 Å². The first-order valence-electron chi connectivity index (χ1n) is 4.61. The summed E-state index contributed by atoms with van der Waals surface area (Å²) in [4.78, 5) is 4.20. The molecule has 0 aliphatic rings. The Balaban J connectivity index is 2.53. The number of halogens is 1. The standard InChI is InChI=1S/C10H15IN2OS/c1-10(14,7-15-2)6-13-9-8(11)4-3-5-12-9/h3-5,14H,6-7H2,1-2H3,(H,12,13)/t10-/m0/s1. The predicted molar refractivity (Wildman–Crippen MR) is 74.4 cm³/mol. The van der Waals surface area contributed by atoms with Crippen molar-refractivity contribution in [1.29, 1.82) is 0 Å². The minimum atomic E-state index is -0.694. The summed E-state index contributed by atoms with van der Waals surface area (Å²) in [7, 11) is 0. The Morgan fingerprint density at radius 2 is 2.40 bits per heavy atom. The fraction of sp³-hybridized carbons (Fsp3) is 0.500. The van der Waals surface area contributed by atoms with Crippen molar-refractivity contribution >= 4 is 40.2 Å². The van der Waals surface area contributed by atoms with Gasteiger partial charge in [0, 0.05) is 18.5 Å². The maximum atomic E-state index is 9.95. The molecule has 0 aromatic carbocycles. The van der Waals surface area contributed by atoms with Gasteiger partial charge in [0.2, 0.25) is 0 Å². The number of anilines is 1. The molecular formula is C10H15IN2OS. The van der Waals surface area contributed by atoms with Gasteiger partial charge in [-0.2, -0.15) is 11.8 Å². The lowest BCUT2D eigenvalue weighted by Gasteiger charge is -2.23. The van der Waals surface area contributed by atoms with Gasteiger partial charge in [-0.1, -0.05) is 0 Å². The second-order valence-electron chi connectivity index (χ2n) is 3.62. The molecule has 0 saturated carbocycles. The first-order valence-corrected chi connectivity index (χ1v) is 7.08. The summed E-state index contributed by atoms with van der Waals surface area (Å²) in [6.45, 7) is 2.34. The van der Waals surface area contributed by atoms with E-state index in [1.165, 1.54) is 0 Å². The van der Waals surface area contributed by atoms with Gasteiger partial charge in [0.25, 0.3) is 0 Å².